The third-order valence-electron chi connectivity index (χ3n) is 1.97. The lowest BCUT2D eigenvalue weighted by Crippen LogP contribution is -1.94. The zero-order valence-electron chi connectivity index (χ0n) is 8.24. The Morgan fingerprint density at radius 3 is 2.69 bits per heavy atom. The quantitative estimate of drug-likeness (QED) is 0.843. The van der Waals surface area contributed by atoms with Crippen LogP contribution in [0.4, 0.5) is 21.5 Å². The Kier molecular flexibility index (Phi) is 2.92. The minimum atomic E-state index is -0.446. The lowest BCUT2D eigenvalue weighted by molar-refractivity contribution is 0.628. The van der Waals surface area contributed by atoms with E-state index < -0.39 is 5.82 Å². The smallest absolute Gasteiger partial charge is 0.141 e. The van der Waals surface area contributed by atoms with Crippen molar-refractivity contribution in [1.82, 2.24) is 4.98 Å². The van der Waals surface area contributed by atoms with Gasteiger partial charge in [0.15, 0.2) is 0 Å². The van der Waals surface area contributed by atoms with Crippen molar-refractivity contribution in [2.24, 2.45) is 0 Å². The molecule has 0 unspecified atom stereocenters. The highest BCUT2D eigenvalue weighted by Gasteiger charge is 2.01. The van der Waals surface area contributed by atoms with Gasteiger partial charge in [-0.25, -0.2) is 4.39 Å². The third-order valence-corrected chi connectivity index (χ3v) is 2.26. The van der Waals surface area contributed by atoms with Crippen molar-refractivity contribution < 1.29 is 4.39 Å². The predicted molar refractivity (Wildman–Crippen MR) is 63.3 cm³/mol. The number of pyridine rings is 1. The van der Waals surface area contributed by atoms with Gasteiger partial charge < -0.3 is 11.1 Å². The van der Waals surface area contributed by atoms with E-state index in [2.05, 4.69) is 10.3 Å². The standard InChI is InChI=1S/C11H9ClFN3/c12-10-4-8(1-2-11(10)13)16-9-3-7(14)5-15-6-9/h1-6,16H,14H2. The molecule has 0 spiro atoms. The maximum absolute atomic E-state index is 12.9. The average Bonchev–Trinajstić information content (AvgIpc) is 2.24. The molecule has 0 bridgehead atoms. The summed E-state index contributed by atoms with van der Waals surface area (Å²) in [5.74, 6) is -0.446. The van der Waals surface area contributed by atoms with E-state index >= 15 is 0 Å². The van der Waals surface area contributed by atoms with Gasteiger partial charge in [-0.1, -0.05) is 11.6 Å². The number of nitrogens with two attached hydrogens (primary N) is 1. The molecule has 3 nitrogen and oxygen atoms in total. The number of hydrogen-bond donors (Lipinski definition) is 2. The number of nitrogens with zero attached hydrogens (tertiary/aromatic N) is 1. The van der Waals surface area contributed by atoms with Crippen LogP contribution < -0.4 is 11.1 Å². The molecule has 2 aromatic rings. The molecular weight excluding hydrogens is 229 g/mol. The highest BCUT2D eigenvalue weighted by Crippen LogP contribution is 2.22. The first kappa shape index (κ1) is 10.7. The molecule has 0 aliphatic carbocycles. The molecule has 0 aliphatic rings. The molecule has 0 saturated heterocycles. The first-order chi connectivity index (χ1) is 7.65. The minimum absolute atomic E-state index is 0.0712. The Morgan fingerprint density at radius 2 is 2.00 bits per heavy atom. The number of rotatable bonds is 2. The molecule has 0 aliphatic heterocycles. The van der Waals surface area contributed by atoms with Crippen molar-refractivity contribution in [2.45, 2.75) is 0 Å². The monoisotopic (exact) mass is 237 g/mol. The SMILES string of the molecule is Nc1cncc(Nc2ccc(F)c(Cl)c2)c1. The van der Waals surface area contributed by atoms with Gasteiger partial charge in [0.05, 0.1) is 22.6 Å². The maximum atomic E-state index is 12.9. The highest BCUT2D eigenvalue weighted by molar-refractivity contribution is 6.31. The third kappa shape index (κ3) is 2.41. The molecule has 0 fully saturated rings. The van der Waals surface area contributed by atoms with Gasteiger partial charge in [-0.3, -0.25) is 4.98 Å². The molecule has 2 rings (SSSR count). The molecule has 5 heteroatoms. The largest absolute Gasteiger partial charge is 0.397 e. The van der Waals surface area contributed by atoms with Crippen LogP contribution >= 0.6 is 11.6 Å². The Morgan fingerprint density at radius 1 is 1.19 bits per heavy atom. The first-order valence-corrected chi connectivity index (χ1v) is 4.95. The second kappa shape index (κ2) is 4.37. The van der Waals surface area contributed by atoms with Gasteiger partial charge in [-0.2, -0.15) is 0 Å². The van der Waals surface area contributed by atoms with E-state index in [-0.39, 0.29) is 5.02 Å². The van der Waals surface area contributed by atoms with Crippen LogP contribution in [0.5, 0.6) is 0 Å². The molecule has 16 heavy (non-hydrogen) atoms. The van der Waals surface area contributed by atoms with Crippen molar-refractivity contribution in [3.8, 4) is 0 Å². The summed E-state index contributed by atoms with van der Waals surface area (Å²) in [7, 11) is 0. The summed E-state index contributed by atoms with van der Waals surface area (Å²) in [5.41, 5.74) is 7.54. The van der Waals surface area contributed by atoms with E-state index in [0.717, 1.165) is 5.69 Å². The fraction of sp³-hybridized carbons (Fsp3) is 0. The van der Waals surface area contributed by atoms with E-state index in [0.29, 0.717) is 11.4 Å². The van der Waals surface area contributed by atoms with Crippen LogP contribution in [-0.2, 0) is 0 Å². The van der Waals surface area contributed by atoms with E-state index in [9.17, 15) is 4.39 Å². The van der Waals surface area contributed by atoms with Crippen LogP contribution in [0.2, 0.25) is 5.02 Å². The Balaban J connectivity index is 2.24. The molecule has 1 aromatic heterocycles. The van der Waals surface area contributed by atoms with Crippen molar-refractivity contribution in [2.75, 3.05) is 11.1 Å². The molecule has 1 aromatic carbocycles. The molecule has 1 heterocycles. The van der Waals surface area contributed by atoms with Crippen LogP contribution in [0.1, 0.15) is 0 Å². The number of anilines is 3. The van der Waals surface area contributed by atoms with Gasteiger partial charge >= 0.3 is 0 Å². The molecule has 82 valence electrons. The highest BCUT2D eigenvalue weighted by atomic mass is 35.5. The van der Waals surface area contributed by atoms with Gasteiger partial charge in [0.1, 0.15) is 5.82 Å². The Bertz CT molecular complexity index is 516. The van der Waals surface area contributed by atoms with Crippen molar-refractivity contribution >= 4 is 28.7 Å². The van der Waals surface area contributed by atoms with Crippen LogP contribution in [0.25, 0.3) is 0 Å². The van der Waals surface area contributed by atoms with Gasteiger partial charge in [0.2, 0.25) is 0 Å². The van der Waals surface area contributed by atoms with Gasteiger partial charge in [-0.15, -0.1) is 0 Å². The second-order valence-corrected chi connectivity index (χ2v) is 3.67. The normalized spacial score (nSPS) is 10.1. The Hall–Kier alpha value is -1.81. The summed E-state index contributed by atoms with van der Waals surface area (Å²) in [4.78, 5) is 3.93. The second-order valence-electron chi connectivity index (χ2n) is 3.26. The average molecular weight is 238 g/mol. The topological polar surface area (TPSA) is 50.9 Å². The van der Waals surface area contributed by atoms with E-state index in [1.165, 1.54) is 12.1 Å². The van der Waals surface area contributed by atoms with Crippen molar-refractivity contribution in [3.05, 3.63) is 47.5 Å². The van der Waals surface area contributed by atoms with Crippen LogP contribution in [0.15, 0.2) is 36.7 Å². The van der Waals surface area contributed by atoms with Crippen molar-refractivity contribution in [3.63, 3.8) is 0 Å². The number of hydrogen-bond acceptors (Lipinski definition) is 3. The lowest BCUT2D eigenvalue weighted by atomic mass is 10.3. The zero-order chi connectivity index (χ0) is 11.5. The summed E-state index contributed by atoms with van der Waals surface area (Å²) < 4.78 is 12.9. The van der Waals surface area contributed by atoms with E-state index in [1.54, 1.807) is 24.5 Å². The summed E-state index contributed by atoms with van der Waals surface area (Å²) in [5, 5.41) is 3.09. The van der Waals surface area contributed by atoms with Gasteiger partial charge in [-0.05, 0) is 24.3 Å². The number of nitrogens with one attached hydrogen (secondary N) is 1. The zero-order valence-corrected chi connectivity index (χ0v) is 9.00. The molecule has 0 radical (unpaired) electrons. The number of aromatic nitrogens is 1. The van der Waals surface area contributed by atoms with Crippen molar-refractivity contribution in [1.29, 1.82) is 0 Å². The summed E-state index contributed by atoms with van der Waals surface area (Å²) in [6.45, 7) is 0. The van der Waals surface area contributed by atoms with Crippen LogP contribution in [-0.4, -0.2) is 4.98 Å². The van der Waals surface area contributed by atoms with E-state index in [4.69, 9.17) is 17.3 Å². The molecule has 0 amide bonds. The molecular formula is C11H9ClFN3. The van der Waals surface area contributed by atoms with E-state index in [1.807, 2.05) is 0 Å². The van der Waals surface area contributed by atoms with Crippen LogP contribution in [0, 0.1) is 5.82 Å². The lowest BCUT2D eigenvalue weighted by Gasteiger charge is -2.07. The molecule has 3 N–H and O–H groups in total. The maximum Gasteiger partial charge on any atom is 0.141 e. The van der Waals surface area contributed by atoms with Gasteiger partial charge in [0, 0.05) is 11.9 Å². The number of nitrogen functional groups attached to an aromatic ring is 1. The fourth-order valence-corrected chi connectivity index (χ4v) is 1.45. The number of halogens is 2. The predicted octanol–water partition coefficient (Wildman–Crippen LogP) is 3.20. The fourth-order valence-electron chi connectivity index (χ4n) is 1.27. The number of benzene rings is 1. The Labute approximate surface area is 97.1 Å². The van der Waals surface area contributed by atoms with Crippen LogP contribution in [0.3, 0.4) is 0 Å². The summed E-state index contributed by atoms with van der Waals surface area (Å²) >= 11 is 5.66. The van der Waals surface area contributed by atoms with Gasteiger partial charge in [0.25, 0.3) is 0 Å². The summed E-state index contributed by atoms with van der Waals surface area (Å²) in [6.07, 6.45) is 3.16. The minimum Gasteiger partial charge on any atom is -0.397 e. The summed E-state index contributed by atoms with van der Waals surface area (Å²) in [6, 6.07) is 6.11. The molecule has 0 atom stereocenters. The molecule has 0 saturated carbocycles. The first-order valence-electron chi connectivity index (χ1n) is 4.58.